The quantitative estimate of drug-likeness (QED) is 0.658. The lowest BCUT2D eigenvalue weighted by Crippen LogP contribution is -2.38. The molecule has 4 nitrogen and oxygen atoms in total. The van der Waals surface area contributed by atoms with E-state index < -0.39 is 5.82 Å². The van der Waals surface area contributed by atoms with Crippen LogP contribution in [0.25, 0.3) is 0 Å². The van der Waals surface area contributed by atoms with Crippen LogP contribution in [0.4, 0.5) is 9.18 Å². The van der Waals surface area contributed by atoms with Crippen molar-refractivity contribution in [3.05, 3.63) is 59.4 Å². The molecule has 0 radical (unpaired) electrons. The van der Waals surface area contributed by atoms with Crippen molar-refractivity contribution in [3.8, 4) is 5.75 Å². The second kappa shape index (κ2) is 9.65. The van der Waals surface area contributed by atoms with Crippen LogP contribution < -0.4 is 10.1 Å². The fourth-order valence-electron chi connectivity index (χ4n) is 2.64. The number of hydrogen-bond acceptors (Lipinski definition) is 3. The van der Waals surface area contributed by atoms with Gasteiger partial charge in [-0.05, 0) is 42.3 Å². The van der Waals surface area contributed by atoms with Gasteiger partial charge in [-0.2, -0.15) is 0 Å². The summed E-state index contributed by atoms with van der Waals surface area (Å²) in [5, 5.41) is 3.51. The van der Waals surface area contributed by atoms with Crippen LogP contribution in [-0.2, 0) is 6.54 Å². The highest BCUT2D eigenvalue weighted by Gasteiger charge is 2.15. The Kier molecular flexibility index (Phi) is 7.54. The first-order chi connectivity index (χ1) is 12.8. The Hall–Kier alpha value is -2.21. The summed E-state index contributed by atoms with van der Waals surface area (Å²) in [7, 11) is 3.11. The number of hydrogen-bond donors (Lipinski definition) is 1. The number of carbonyl (C=O) groups is 1. The van der Waals surface area contributed by atoms with E-state index in [0.29, 0.717) is 17.4 Å². The van der Waals surface area contributed by atoms with Crippen molar-refractivity contribution in [2.24, 2.45) is 0 Å². The molecule has 0 bridgehead atoms. The summed E-state index contributed by atoms with van der Waals surface area (Å²) >= 11 is 1.81. The molecular formula is C21H27FN2O2S. The molecule has 27 heavy (non-hydrogen) atoms. The summed E-state index contributed by atoms with van der Waals surface area (Å²) < 4.78 is 18.7. The zero-order valence-corrected chi connectivity index (χ0v) is 17.3. The zero-order chi connectivity index (χ0) is 20.0. The Morgan fingerprint density at radius 1 is 1.19 bits per heavy atom. The number of benzene rings is 2. The van der Waals surface area contributed by atoms with E-state index in [0.717, 1.165) is 5.56 Å². The van der Waals surface area contributed by atoms with E-state index in [2.05, 4.69) is 31.3 Å². The second-order valence-electron chi connectivity index (χ2n) is 6.73. The van der Waals surface area contributed by atoms with Crippen molar-refractivity contribution in [1.82, 2.24) is 10.2 Å². The minimum Gasteiger partial charge on any atom is -0.494 e. The molecule has 2 aromatic carbocycles. The average molecular weight is 391 g/mol. The molecule has 0 heterocycles. The van der Waals surface area contributed by atoms with Gasteiger partial charge in [-0.3, -0.25) is 0 Å². The third kappa shape index (κ3) is 6.17. The topological polar surface area (TPSA) is 41.6 Å². The van der Waals surface area contributed by atoms with Crippen molar-refractivity contribution >= 4 is 17.8 Å². The van der Waals surface area contributed by atoms with Crippen LogP contribution in [0.1, 0.15) is 37.9 Å². The normalized spacial score (nSPS) is 12.0. The number of nitrogens with one attached hydrogen (secondary N) is 1. The van der Waals surface area contributed by atoms with E-state index in [4.69, 9.17) is 4.74 Å². The average Bonchev–Trinajstić information content (AvgIpc) is 2.61. The highest BCUT2D eigenvalue weighted by molar-refractivity contribution is 7.99. The molecule has 0 saturated heterocycles. The van der Waals surface area contributed by atoms with Crippen molar-refractivity contribution in [1.29, 1.82) is 0 Å². The minimum atomic E-state index is -0.434. The molecule has 2 amide bonds. The second-order valence-corrected chi connectivity index (χ2v) is 8.38. The van der Waals surface area contributed by atoms with Gasteiger partial charge in [0.05, 0.1) is 13.2 Å². The molecule has 0 aromatic heterocycles. The van der Waals surface area contributed by atoms with E-state index in [1.807, 2.05) is 30.8 Å². The Morgan fingerprint density at radius 3 is 2.41 bits per heavy atom. The number of nitrogens with zero attached hydrogens (tertiary/aromatic N) is 1. The molecule has 0 saturated carbocycles. The first-order valence-corrected chi connectivity index (χ1v) is 9.78. The lowest BCUT2D eigenvalue weighted by molar-refractivity contribution is 0.203. The molecular weight excluding hydrogens is 363 g/mol. The van der Waals surface area contributed by atoms with Gasteiger partial charge in [0.2, 0.25) is 0 Å². The monoisotopic (exact) mass is 390 g/mol. The lowest BCUT2D eigenvalue weighted by Gasteiger charge is -2.22. The van der Waals surface area contributed by atoms with Crippen molar-refractivity contribution in [2.45, 2.75) is 43.5 Å². The minimum absolute atomic E-state index is 0.120. The van der Waals surface area contributed by atoms with Crippen LogP contribution in [0.15, 0.2) is 47.4 Å². The van der Waals surface area contributed by atoms with Gasteiger partial charge in [0.15, 0.2) is 11.6 Å². The molecule has 1 unspecified atom stereocenters. The first kappa shape index (κ1) is 21.1. The van der Waals surface area contributed by atoms with Crippen molar-refractivity contribution < 1.29 is 13.9 Å². The molecule has 2 rings (SSSR count). The lowest BCUT2D eigenvalue weighted by atomic mass is 10.1. The third-order valence-corrected chi connectivity index (χ3v) is 5.09. The maximum atomic E-state index is 13.8. The number of rotatable bonds is 7. The predicted octanol–water partition coefficient (Wildman–Crippen LogP) is 5.24. The fraction of sp³-hybridized carbons (Fsp3) is 0.381. The SMILES string of the molecule is COc1ccc(CN(C)C(=O)NC(C)c2ccc(SC(C)C)cc2)cc1F. The molecule has 146 valence electrons. The van der Waals surface area contributed by atoms with Crippen LogP contribution >= 0.6 is 11.8 Å². The molecule has 2 aromatic rings. The molecule has 1 N–H and O–H groups in total. The van der Waals surface area contributed by atoms with E-state index >= 15 is 0 Å². The van der Waals surface area contributed by atoms with Gasteiger partial charge in [0.25, 0.3) is 0 Å². The van der Waals surface area contributed by atoms with Crippen LogP contribution in [-0.4, -0.2) is 30.3 Å². The van der Waals surface area contributed by atoms with Crippen LogP contribution in [0.3, 0.4) is 0 Å². The Labute approximate surface area is 165 Å². The first-order valence-electron chi connectivity index (χ1n) is 8.90. The van der Waals surface area contributed by atoms with E-state index in [1.54, 1.807) is 19.2 Å². The van der Waals surface area contributed by atoms with Gasteiger partial charge in [0, 0.05) is 23.7 Å². The maximum Gasteiger partial charge on any atom is 0.317 e. The van der Waals surface area contributed by atoms with E-state index in [-0.39, 0.29) is 17.8 Å². The highest BCUT2D eigenvalue weighted by atomic mass is 32.2. The maximum absolute atomic E-state index is 13.8. The number of thioether (sulfide) groups is 1. The van der Waals surface area contributed by atoms with Gasteiger partial charge in [-0.25, -0.2) is 9.18 Å². The Bertz CT molecular complexity index is 765. The molecule has 0 spiro atoms. The van der Waals surface area contributed by atoms with Crippen molar-refractivity contribution in [3.63, 3.8) is 0 Å². The van der Waals surface area contributed by atoms with Gasteiger partial charge >= 0.3 is 6.03 Å². The van der Waals surface area contributed by atoms with Gasteiger partial charge < -0.3 is 15.0 Å². The molecule has 6 heteroatoms. The number of carbonyl (C=O) groups excluding carboxylic acids is 1. The summed E-state index contributed by atoms with van der Waals surface area (Å²) in [6.07, 6.45) is 0. The summed E-state index contributed by atoms with van der Waals surface area (Å²) in [6, 6.07) is 12.6. The third-order valence-electron chi connectivity index (χ3n) is 4.07. The molecule has 1 atom stereocenters. The standard InChI is InChI=1S/C21H27FN2O2S/c1-14(2)27-18-9-7-17(8-10-18)15(3)23-21(25)24(4)13-16-6-11-20(26-5)19(22)12-16/h6-12,14-15H,13H2,1-5H3,(H,23,25). The predicted molar refractivity (Wildman–Crippen MR) is 109 cm³/mol. The largest absolute Gasteiger partial charge is 0.494 e. The number of halogens is 1. The number of urea groups is 1. The molecule has 0 aliphatic carbocycles. The summed E-state index contributed by atoms with van der Waals surface area (Å²) in [4.78, 5) is 15.2. The fourth-order valence-corrected chi connectivity index (χ4v) is 3.48. The van der Waals surface area contributed by atoms with Gasteiger partial charge in [-0.15, -0.1) is 11.8 Å². The van der Waals surface area contributed by atoms with Gasteiger partial charge in [0.1, 0.15) is 0 Å². The Morgan fingerprint density at radius 2 is 1.85 bits per heavy atom. The number of amides is 2. The van der Waals surface area contributed by atoms with Crippen LogP contribution in [0, 0.1) is 5.82 Å². The summed E-state index contributed by atoms with van der Waals surface area (Å²) in [5.74, 6) is -0.241. The van der Waals surface area contributed by atoms with E-state index in [9.17, 15) is 9.18 Å². The highest BCUT2D eigenvalue weighted by Crippen LogP contribution is 2.24. The summed E-state index contributed by atoms with van der Waals surface area (Å²) in [5.41, 5.74) is 1.74. The van der Waals surface area contributed by atoms with Gasteiger partial charge in [-0.1, -0.05) is 32.0 Å². The molecule has 0 fully saturated rings. The smallest absolute Gasteiger partial charge is 0.317 e. The van der Waals surface area contributed by atoms with Crippen molar-refractivity contribution in [2.75, 3.05) is 14.2 Å². The van der Waals surface area contributed by atoms with Crippen LogP contribution in [0.5, 0.6) is 5.75 Å². The number of ether oxygens (including phenoxy) is 1. The molecule has 0 aliphatic rings. The Balaban J connectivity index is 1.94. The summed E-state index contributed by atoms with van der Waals surface area (Å²) in [6.45, 7) is 6.57. The molecule has 0 aliphatic heterocycles. The van der Waals surface area contributed by atoms with Crippen LogP contribution in [0.2, 0.25) is 0 Å². The number of methoxy groups -OCH3 is 1. The zero-order valence-electron chi connectivity index (χ0n) is 16.5. The van der Waals surface area contributed by atoms with E-state index in [1.165, 1.54) is 23.0 Å².